The first-order chi connectivity index (χ1) is 17.6. The minimum atomic E-state index is -4.23. The van der Waals surface area contributed by atoms with Crippen LogP contribution in [0.1, 0.15) is 18.1 Å². The van der Waals surface area contributed by atoms with Gasteiger partial charge in [0.1, 0.15) is 24.2 Å². The number of rotatable bonds is 10. The fraction of sp³-hybridized carbons (Fsp3) is 0.259. The predicted octanol–water partition coefficient (Wildman–Crippen LogP) is 3.50. The number of aryl methyl sites for hydroxylation is 1. The van der Waals surface area contributed by atoms with Crippen LogP contribution in [0, 0.1) is 12.7 Å². The Morgan fingerprint density at radius 1 is 1.03 bits per heavy atom. The maximum atomic E-state index is 14.5. The summed E-state index contributed by atoms with van der Waals surface area (Å²) < 4.78 is 48.5. The third-order valence-corrected chi connectivity index (χ3v) is 7.70. The van der Waals surface area contributed by atoms with Gasteiger partial charge >= 0.3 is 0 Å². The Hall–Kier alpha value is -3.92. The molecule has 8 nitrogen and oxygen atoms in total. The number of sulfonamides is 1. The molecule has 0 bridgehead atoms. The zero-order valence-electron chi connectivity index (χ0n) is 21.1. The molecule has 1 unspecified atom stereocenters. The maximum Gasteiger partial charge on any atom is 0.264 e. The number of nitrogens with one attached hydrogen (secondary N) is 1. The molecule has 0 spiro atoms. The third-order valence-electron chi connectivity index (χ3n) is 5.93. The maximum absolute atomic E-state index is 14.5. The van der Waals surface area contributed by atoms with Crippen molar-refractivity contribution in [3.05, 3.63) is 89.7 Å². The SMILES string of the molecule is CNC(=O)C(C)N(Cc1ccccc1F)C(=O)CN(c1cc(C)ccc1OC)S(=O)(=O)c1ccccc1. The average molecular weight is 528 g/mol. The molecule has 3 aromatic rings. The standard InChI is InChI=1S/C27H30FN3O5S/c1-19-14-15-25(36-4)24(16-19)31(37(34,35)22-11-6-5-7-12-22)18-26(32)30(20(2)27(33)29-3)17-21-10-8-9-13-23(21)28/h5-16,20H,17-18H2,1-4H3,(H,29,33). The molecule has 10 heteroatoms. The summed E-state index contributed by atoms with van der Waals surface area (Å²) in [5.41, 5.74) is 1.11. The number of carbonyl (C=O) groups excluding carboxylic acids is 2. The van der Waals surface area contributed by atoms with E-state index in [1.54, 1.807) is 49.4 Å². The van der Waals surface area contributed by atoms with E-state index in [2.05, 4.69) is 5.32 Å². The molecular formula is C27H30FN3O5S. The van der Waals surface area contributed by atoms with Crippen LogP contribution in [0.5, 0.6) is 5.75 Å². The van der Waals surface area contributed by atoms with Gasteiger partial charge in [0.05, 0.1) is 17.7 Å². The van der Waals surface area contributed by atoms with Crippen LogP contribution >= 0.6 is 0 Å². The number of benzene rings is 3. The van der Waals surface area contributed by atoms with Gasteiger partial charge in [0.25, 0.3) is 10.0 Å². The molecular weight excluding hydrogens is 497 g/mol. The molecule has 0 aromatic heterocycles. The van der Waals surface area contributed by atoms with Crippen LogP contribution in [-0.4, -0.2) is 51.9 Å². The fourth-order valence-corrected chi connectivity index (χ4v) is 5.27. The summed E-state index contributed by atoms with van der Waals surface area (Å²) in [6, 6.07) is 17.6. The molecule has 0 aliphatic heterocycles. The van der Waals surface area contributed by atoms with Gasteiger partial charge in [-0.1, -0.05) is 42.5 Å². The summed E-state index contributed by atoms with van der Waals surface area (Å²) in [5, 5.41) is 2.49. The first-order valence-corrected chi connectivity index (χ1v) is 13.0. The molecule has 2 amide bonds. The van der Waals surface area contributed by atoms with Gasteiger partial charge in [-0.25, -0.2) is 12.8 Å². The number of carbonyl (C=O) groups is 2. The van der Waals surface area contributed by atoms with Crippen molar-refractivity contribution in [2.45, 2.75) is 31.3 Å². The average Bonchev–Trinajstić information content (AvgIpc) is 2.90. The molecule has 0 saturated heterocycles. The number of ether oxygens (including phenoxy) is 1. The van der Waals surface area contributed by atoms with Crippen molar-refractivity contribution in [2.75, 3.05) is 25.0 Å². The number of hydrogen-bond acceptors (Lipinski definition) is 5. The van der Waals surface area contributed by atoms with E-state index in [0.717, 1.165) is 14.8 Å². The van der Waals surface area contributed by atoms with E-state index in [4.69, 9.17) is 4.74 Å². The second-order valence-corrected chi connectivity index (χ2v) is 10.3. The van der Waals surface area contributed by atoms with E-state index >= 15 is 0 Å². The minimum absolute atomic E-state index is 0.0219. The van der Waals surface area contributed by atoms with E-state index in [1.807, 2.05) is 0 Å². The Morgan fingerprint density at radius 2 is 1.68 bits per heavy atom. The molecule has 3 rings (SSSR count). The van der Waals surface area contributed by atoms with Crippen LogP contribution in [0.4, 0.5) is 10.1 Å². The Morgan fingerprint density at radius 3 is 2.30 bits per heavy atom. The van der Waals surface area contributed by atoms with Crippen LogP contribution in [-0.2, 0) is 26.2 Å². The second-order valence-electron chi connectivity index (χ2n) is 8.40. The van der Waals surface area contributed by atoms with Crippen LogP contribution in [0.2, 0.25) is 0 Å². The Labute approximate surface area is 216 Å². The Kier molecular flexibility index (Phi) is 8.88. The zero-order valence-corrected chi connectivity index (χ0v) is 22.0. The van der Waals surface area contributed by atoms with Gasteiger partial charge in [-0.3, -0.25) is 13.9 Å². The van der Waals surface area contributed by atoms with Crippen LogP contribution in [0.25, 0.3) is 0 Å². The minimum Gasteiger partial charge on any atom is -0.495 e. The number of nitrogens with zero attached hydrogens (tertiary/aromatic N) is 2. The van der Waals surface area contributed by atoms with Gasteiger partial charge in [-0.05, 0) is 49.7 Å². The van der Waals surface area contributed by atoms with Gasteiger partial charge in [0, 0.05) is 19.2 Å². The topological polar surface area (TPSA) is 96.0 Å². The van der Waals surface area contributed by atoms with Crippen LogP contribution in [0.15, 0.2) is 77.7 Å². The lowest BCUT2D eigenvalue weighted by Gasteiger charge is -2.32. The lowest BCUT2D eigenvalue weighted by molar-refractivity contribution is -0.139. The van der Waals surface area contributed by atoms with Crippen LogP contribution < -0.4 is 14.4 Å². The number of methoxy groups -OCH3 is 1. The highest BCUT2D eigenvalue weighted by Gasteiger charge is 2.33. The Balaban J connectivity index is 2.11. The zero-order chi connectivity index (χ0) is 27.2. The molecule has 1 N–H and O–H groups in total. The highest BCUT2D eigenvalue weighted by atomic mass is 32.2. The highest BCUT2D eigenvalue weighted by molar-refractivity contribution is 7.92. The summed E-state index contributed by atoms with van der Waals surface area (Å²) in [5.74, 6) is -1.46. The molecule has 196 valence electrons. The second kappa shape index (κ2) is 11.9. The molecule has 0 radical (unpaired) electrons. The first-order valence-electron chi connectivity index (χ1n) is 11.6. The lowest BCUT2D eigenvalue weighted by Crippen LogP contribution is -2.50. The lowest BCUT2D eigenvalue weighted by atomic mass is 10.1. The Bertz CT molecular complexity index is 1370. The number of anilines is 1. The monoisotopic (exact) mass is 527 g/mol. The summed E-state index contributed by atoms with van der Waals surface area (Å²) in [4.78, 5) is 27.4. The van der Waals surface area contributed by atoms with Gasteiger partial charge in [0.15, 0.2) is 0 Å². The van der Waals surface area contributed by atoms with E-state index in [0.29, 0.717) is 0 Å². The third kappa shape index (κ3) is 6.26. The number of halogens is 1. The van der Waals surface area contributed by atoms with Crippen molar-refractivity contribution in [2.24, 2.45) is 0 Å². The number of likely N-dealkylation sites (N-methyl/N-ethyl adjacent to an activating group) is 1. The molecule has 0 fully saturated rings. The molecule has 0 aliphatic rings. The predicted molar refractivity (Wildman–Crippen MR) is 139 cm³/mol. The van der Waals surface area contributed by atoms with Crippen molar-refractivity contribution < 1.29 is 27.1 Å². The van der Waals surface area contributed by atoms with Crippen molar-refractivity contribution >= 4 is 27.5 Å². The van der Waals surface area contributed by atoms with Crippen LogP contribution in [0.3, 0.4) is 0 Å². The van der Waals surface area contributed by atoms with Gasteiger partial charge in [-0.2, -0.15) is 0 Å². The van der Waals surface area contributed by atoms with Gasteiger partial charge < -0.3 is 15.0 Å². The van der Waals surface area contributed by atoms with E-state index in [1.165, 1.54) is 51.4 Å². The summed E-state index contributed by atoms with van der Waals surface area (Å²) in [7, 11) is -1.40. The highest BCUT2D eigenvalue weighted by Crippen LogP contribution is 2.33. The number of hydrogen-bond donors (Lipinski definition) is 1. The van der Waals surface area contributed by atoms with Gasteiger partial charge in [0.2, 0.25) is 11.8 Å². The van der Waals surface area contributed by atoms with Crippen molar-refractivity contribution in [3.8, 4) is 5.75 Å². The molecule has 0 saturated carbocycles. The fourth-order valence-electron chi connectivity index (χ4n) is 3.83. The summed E-state index contributed by atoms with van der Waals surface area (Å²) in [6.07, 6.45) is 0. The van der Waals surface area contributed by atoms with Gasteiger partial charge in [-0.15, -0.1) is 0 Å². The number of amides is 2. The summed E-state index contributed by atoms with van der Waals surface area (Å²) in [6.45, 7) is 2.41. The first kappa shape index (κ1) is 27.7. The van der Waals surface area contributed by atoms with E-state index in [-0.39, 0.29) is 28.4 Å². The molecule has 0 heterocycles. The van der Waals surface area contributed by atoms with E-state index in [9.17, 15) is 22.4 Å². The molecule has 0 aliphatic carbocycles. The molecule has 1 atom stereocenters. The van der Waals surface area contributed by atoms with E-state index < -0.39 is 40.2 Å². The normalized spacial score (nSPS) is 11.9. The molecule has 3 aromatic carbocycles. The van der Waals surface area contributed by atoms with Crippen molar-refractivity contribution in [1.82, 2.24) is 10.2 Å². The summed E-state index contributed by atoms with van der Waals surface area (Å²) >= 11 is 0. The quantitative estimate of drug-likeness (QED) is 0.436. The smallest absolute Gasteiger partial charge is 0.264 e. The molecule has 37 heavy (non-hydrogen) atoms. The van der Waals surface area contributed by atoms with Crippen molar-refractivity contribution in [1.29, 1.82) is 0 Å². The largest absolute Gasteiger partial charge is 0.495 e. The van der Waals surface area contributed by atoms with Crippen molar-refractivity contribution in [3.63, 3.8) is 0 Å².